The third kappa shape index (κ3) is 3.84. The topological polar surface area (TPSA) is 91.9 Å². The van der Waals surface area contributed by atoms with E-state index in [1.54, 1.807) is 36.5 Å². The molecule has 7 nitrogen and oxygen atoms in total. The van der Waals surface area contributed by atoms with Crippen molar-refractivity contribution in [2.24, 2.45) is 0 Å². The van der Waals surface area contributed by atoms with Gasteiger partial charge in [-0.15, -0.1) is 0 Å². The highest BCUT2D eigenvalue weighted by Gasteiger charge is 2.08. The van der Waals surface area contributed by atoms with Gasteiger partial charge in [0.05, 0.1) is 5.39 Å². The van der Waals surface area contributed by atoms with Crippen LogP contribution in [0.5, 0.6) is 11.6 Å². The number of carbonyl (C=O) groups excluding carboxylic acids is 1. The lowest BCUT2D eigenvalue weighted by molar-refractivity contribution is 0.262. The zero-order chi connectivity index (χ0) is 18.6. The average Bonchev–Trinajstić information content (AvgIpc) is 3.13. The predicted molar refractivity (Wildman–Crippen MR) is 99.4 cm³/mol. The molecule has 0 aliphatic heterocycles. The Morgan fingerprint density at radius 2 is 1.81 bits per heavy atom. The predicted octanol–water partition coefficient (Wildman–Crippen LogP) is 4.53. The molecule has 2 aromatic heterocycles. The summed E-state index contributed by atoms with van der Waals surface area (Å²) in [6, 6.07) is 13.8. The standard InChI is InChI=1S/C19H14FN5O2/c20-12-2-1-3-14(10-12)25-19(26)24-13-4-6-15(7-5-13)27-18-16-8-9-21-17(16)22-11-23-18/h1-11H,(H,21,22,23)(H2,24,25,26). The van der Waals surface area contributed by atoms with Crippen molar-refractivity contribution < 1.29 is 13.9 Å². The van der Waals surface area contributed by atoms with Crippen molar-refractivity contribution in [1.82, 2.24) is 15.0 Å². The third-order valence-electron chi connectivity index (χ3n) is 3.73. The Morgan fingerprint density at radius 1 is 1.00 bits per heavy atom. The van der Waals surface area contributed by atoms with Gasteiger partial charge in [0, 0.05) is 17.6 Å². The Bertz CT molecular complexity index is 1090. The van der Waals surface area contributed by atoms with Crippen LogP contribution < -0.4 is 15.4 Å². The minimum absolute atomic E-state index is 0.367. The number of nitrogens with one attached hydrogen (secondary N) is 3. The molecule has 0 aliphatic carbocycles. The molecule has 4 aromatic rings. The Morgan fingerprint density at radius 3 is 2.63 bits per heavy atom. The highest BCUT2D eigenvalue weighted by Crippen LogP contribution is 2.26. The molecular formula is C19H14FN5O2. The van der Waals surface area contributed by atoms with Crippen molar-refractivity contribution >= 4 is 28.4 Å². The van der Waals surface area contributed by atoms with Gasteiger partial charge in [0.25, 0.3) is 0 Å². The summed E-state index contributed by atoms with van der Waals surface area (Å²) in [5.74, 6) is 0.577. The first kappa shape index (κ1) is 16.5. The average molecular weight is 363 g/mol. The van der Waals surface area contributed by atoms with E-state index < -0.39 is 11.8 Å². The Labute approximate surface area is 153 Å². The van der Waals surface area contributed by atoms with E-state index in [4.69, 9.17) is 4.74 Å². The van der Waals surface area contributed by atoms with E-state index in [2.05, 4.69) is 25.6 Å². The highest BCUT2D eigenvalue weighted by atomic mass is 19.1. The van der Waals surface area contributed by atoms with Crippen LogP contribution in [0.15, 0.2) is 67.1 Å². The van der Waals surface area contributed by atoms with Gasteiger partial charge in [0.15, 0.2) is 0 Å². The van der Waals surface area contributed by atoms with Crippen molar-refractivity contribution in [3.8, 4) is 11.6 Å². The van der Waals surface area contributed by atoms with Crippen molar-refractivity contribution in [2.45, 2.75) is 0 Å². The lowest BCUT2D eigenvalue weighted by Crippen LogP contribution is -2.19. The number of hydrogen-bond donors (Lipinski definition) is 3. The van der Waals surface area contributed by atoms with Crippen LogP contribution in [0, 0.1) is 5.82 Å². The van der Waals surface area contributed by atoms with E-state index in [0.717, 1.165) is 5.39 Å². The maximum Gasteiger partial charge on any atom is 0.323 e. The fraction of sp³-hybridized carbons (Fsp3) is 0. The van der Waals surface area contributed by atoms with Gasteiger partial charge >= 0.3 is 6.03 Å². The zero-order valence-electron chi connectivity index (χ0n) is 13.9. The second-order valence-corrected chi connectivity index (χ2v) is 5.63. The van der Waals surface area contributed by atoms with Gasteiger partial charge in [-0.1, -0.05) is 6.07 Å². The number of ether oxygens (including phenoxy) is 1. The number of aromatic nitrogens is 3. The number of urea groups is 1. The number of rotatable bonds is 4. The van der Waals surface area contributed by atoms with Crippen molar-refractivity contribution in [3.05, 3.63) is 72.9 Å². The van der Waals surface area contributed by atoms with E-state index in [1.807, 2.05) is 6.07 Å². The van der Waals surface area contributed by atoms with Crippen LogP contribution >= 0.6 is 0 Å². The summed E-state index contributed by atoms with van der Waals surface area (Å²) in [6.07, 6.45) is 3.18. The summed E-state index contributed by atoms with van der Waals surface area (Å²) in [7, 11) is 0. The molecular weight excluding hydrogens is 349 g/mol. The van der Waals surface area contributed by atoms with Crippen LogP contribution in [0.2, 0.25) is 0 Å². The second kappa shape index (κ2) is 7.12. The van der Waals surface area contributed by atoms with Crippen LogP contribution in [-0.4, -0.2) is 21.0 Å². The first-order chi connectivity index (χ1) is 13.2. The molecule has 0 fully saturated rings. The summed E-state index contributed by atoms with van der Waals surface area (Å²) in [4.78, 5) is 23.2. The lowest BCUT2D eigenvalue weighted by Gasteiger charge is -2.09. The molecule has 0 unspecified atom stereocenters. The van der Waals surface area contributed by atoms with Gasteiger partial charge < -0.3 is 20.4 Å². The molecule has 0 spiro atoms. The van der Waals surface area contributed by atoms with Gasteiger partial charge in [-0.05, 0) is 48.5 Å². The van der Waals surface area contributed by atoms with Crippen LogP contribution in [0.1, 0.15) is 0 Å². The maximum absolute atomic E-state index is 13.1. The lowest BCUT2D eigenvalue weighted by atomic mass is 10.3. The fourth-order valence-electron chi connectivity index (χ4n) is 2.51. The summed E-state index contributed by atoms with van der Waals surface area (Å²) in [6.45, 7) is 0. The van der Waals surface area contributed by atoms with Gasteiger partial charge in [0.2, 0.25) is 5.88 Å². The molecule has 0 saturated carbocycles. The third-order valence-corrected chi connectivity index (χ3v) is 3.73. The number of fused-ring (bicyclic) bond motifs is 1. The number of amides is 2. The van der Waals surface area contributed by atoms with E-state index >= 15 is 0 Å². The van der Waals surface area contributed by atoms with Crippen LogP contribution in [0.25, 0.3) is 11.0 Å². The minimum Gasteiger partial charge on any atom is -0.438 e. The number of carbonyl (C=O) groups is 1. The number of anilines is 2. The molecule has 0 atom stereocenters. The Kier molecular flexibility index (Phi) is 4.36. The maximum atomic E-state index is 13.1. The van der Waals surface area contributed by atoms with Gasteiger partial charge in [-0.3, -0.25) is 0 Å². The van der Waals surface area contributed by atoms with Crippen LogP contribution in [-0.2, 0) is 0 Å². The van der Waals surface area contributed by atoms with E-state index in [1.165, 1.54) is 24.5 Å². The fourth-order valence-corrected chi connectivity index (χ4v) is 2.51. The first-order valence-electron chi connectivity index (χ1n) is 8.07. The number of benzene rings is 2. The number of aromatic amines is 1. The molecule has 2 aromatic carbocycles. The molecule has 0 radical (unpaired) electrons. The summed E-state index contributed by atoms with van der Waals surface area (Å²) < 4.78 is 18.9. The number of hydrogen-bond acceptors (Lipinski definition) is 4. The van der Waals surface area contributed by atoms with Gasteiger partial charge in [0.1, 0.15) is 23.5 Å². The summed E-state index contributed by atoms with van der Waals surface area (Å²) >= 11 is 0. The highest BCUT2D eigenvalue weighted by molar-refractivity contribution is 5.99. The SMILES string of the molecule is O=C(Nc1ccc(Oc2ncnc3[nH]ccc23)cc1)Nc1cccc(F)c1. The Balaban J connectivity index is 1.41. The van der Waals surface area contributed by atoms with Crippen molar-refractivity contribution in [1.29, 1.82) is 0 Å². The molecule has 0 aliphatic rings. The molecule has 2 heterocycles. The van der Waals surface area contributed by atoms with Gasteiger partial charge in [-0.25, -0.2) is 19.2 Å². The monoisotopic (exact) mass is 363 g/mol. The van der Waals surface area contributed by atoms with Crippen molar-refractivity contribution in [2.75, 3.05) is 10.6 Å². The molecule has 0 saturated heterocycles. The zero-order valence-corrected chi connectivity index (χ0v) is 13.9. The van der Waals surface area contributed by atoms with Crippen molar-refractivity contribution in [3.63, 3.8) is 0 Å². The summed E-state index contributed by atoms with van der Waals surface area (Å²) in [5.41, 5.74) is 1.62. The molecule has 0 bridgehead atoms. The quantitative estimate of drug-likeness (QED) is 0.497. The molecule has 27 heavy (non-hydrogen) atoms. The largest absolute Gasteiger partial charge is 0.438 e. The summed E-state index contributed by atoms with van der Waals surface area (Å²) in [5, 5.41) is 6.00. The molecule has 8 heteroatoms. The van der Waals surface area contributed by atoms with Gasteiger partial charge in [-0.2, -0.15) is 0 Å². The number of nitrogens with zero attached hydrogens (tertiary/aromatic N) is 2. The van der Waals surface area contributed by atoms with Crippen LogP contribution in [0.3, 0.4) is 0 Å². The molecule has 134 valence electrons. The van der Waals surface area contributed by atoms with E-state index in [-0.39, 0.29) is 0 Å². The second-order valence-electron chi connectivity index (χ2n) is 5.63. The first-order valence-corrected chi connectivity index (χ1v) is 8.07. The van der Waals surface area contributed by atoms with E-state index in [0.29, 0.717) is 28.7 Å². The molecule has 3 N–H and O–H groups in total. The molecule has 2 amide bonds. The number of halogens is 1. The van der Waals surface area contributed by atoms with E-state index in [9.17, 15) is 9.18 Å². The normalized spacial score (nSPS) is 10.6. The minimum atomic E-state index is -0.473. The smallest absolute Gasteiger partial charge is 0.323 e. The number of H-pyrrole nitrogens is 1. The van der Waals surface area contributed by atoms with Crippen LogP contribution in [0.4, 0.5) is 20.6 Å². The molecule has 4 rings (SSSR count). The Hall–Kier alpha value is -3.94.